The van der Waals surface area contributed by atoms with Crippen molar-refractivity contribution in [2.24, 2.45) is 5.92 Å². The highest BCUT2D eigenvalue weighted by Gasteiger charge is 2.37. The van der Waals surface area contributed by atoms with E-state index in [9.17, 15) is 14.4 Å². The molecule has 0 fully saturated rings. The molecule has 0 spiro atoms. The summed E-state index contributed by atoms with van der Waals surface area (Å²) in [6, 6.07) is 15.8. The molecule has 0 bridgehead atoms. The van der Waals surface area contributed by atoms with Gasteiger partial charge < -0.3 is 20.3 Å². The first-order chi connectivity index (χ1) is 19.4. The van der Waals surface area contributed by atoms with Crippen LogP contribution in [0.25, 0.3) is 0 Å². The summed E-state index contributed by atoms with van der Waals surface area (Å²) in [4.78, 5) is 42.6. The van der Waals surface area contributed by atoms with Gasteiger partial charge in [0.05, 0.1) is 0 Å². The van der Waals surface area contributed by atoms with Gasteiger partial charge in [-0.05, 0) is 51.2 Å². The van der Waals surface area contributed by atoms with Gasteiger partial charge in [0.15, 0.2) is 0 Å². The molecule has 41 heavy (non-hydrogen) atoms. The van der Waals surface area contributed by atoms with Gasteiger partial charge in [-0.15, -0.1) is 0 Å². The van der Waals surface area contributed by atoms with Crippen LogP contribution in [0.1, 0.15) is 103 Å². The fourth-order valence-electron chi connectivity index (χ4n) is 4.66. The quantitative estimate of drug-likeness (QED) is 0.226. The molecule has 0 aliphatic rings. The lowest BCUT2D eigenvalue weighted by atomic mass is 9.97. The summed E-state index contributed by atoms with van der Waals surface area (Å²) in [5, 5.41) is 5.86. The van der Waals surface area contributed by atoms with Crippen molar-refractivity contribution in [3.8, 4) is 0 Å². The van der Waals surface area contributed by atoms with Crippen molar-refractivity contribution in [2.45, 2.75) is 111 Å². The number of nitrogens with one attached hydrogen (secondary N) is 2. The Bertz CT molecular complexity index is 1080. The summed E-state index contributed by atoms with van der Waals surface area (Å²) in [6.07, 6.45) is 5.65. The van der Waals surface area contributed by atoms with E-state index in [0.717, 1.165) is 48.8 Å². The summed E-state index contributed by atoms with van der Waals surface area (Å²) in [5.74, 6) is -0.759. The number of rotatable bonds is 15. The number of alkyl carbamates (subject to hydrolysis) is 1. The Balaban J connectivity index is 2.42. The number of nitrogens with zero attached hydrogens (tertiary/aromatic N) is 1. The van der Waals surface area contributed by atoms with Crippen LogP contribution in [0, 0.1) is 12.8 Å². The lowest BCUT2D eigenvalue weighted by Gasteiger charge is -2.35. The standard InChI is InChI=1S/C34H51N3O4/c1-8-9-10-11-12-16-23-37(32(39)29(25(2)3)36-33(40)41-34(5,6)7)30(28-21-19-26(4)20-22-28)31(38)35-24-27-17-14-13-15-18-27/h13-15,17-22,25,29-30H,8-12,16,23-24H2,1-7H3,(H,35,38)(H,36,40). The molecule has 2 aromatic carbocycles. The first kappa shape index (κ1) is 33.9. The average Bonchev–Trinajstić information content (AvgIpc) is 2.91. The lowest BCUT2D eigenvalue weighted by Crippen LogP contribution is -2.55. The van der Waals surface area contributed by atoms with Crippen LogP contribution in [0.15, 0.2) is 54.6 Å². The number of carbonyl (C=O) groups excluding carboxylic acids is 3. The van der Waals surface area contributed by atoms with Crippen LogP contribution in [0.4, 0.5) is 4.79 Å². The average molecular weight is 566 g/mol. The Morgan fingerprint density at radius 1 is 0.878 bits per heavy atom. The van der Waals surface area contributed by atoms with Crippen LogP contribution in [0.3, 0.4) is 0 Å². The van der Waals surface area contributed by atoms with Gasteiger partial charge in [0.2, 0.25) is 11.8 Å². The molecule has 0 saturated carbocycles. The van der Waals surface area contributed by atoms with Crippen molar-refractivity contribution in [3.05, 3.63) is 71.3 Å². The maximum Gasteiger partial charge on any atom is 0.408 e. The maximum absolute atomic E-state index is 14.3. The third-order valence-corrected chi connectivity index (χ3v) is 6.90. The van der Waals surface area contributed by atoms with Crippen LogP contribution in [-0.2, 0) is 20.9 Å². The maximum atomic E-state index is 14.3. The molecule has 0 aliphatic heterocycles. The van der Waals surface area contributed by atoms with E-state index in [-0.39, 0.29) is 17.7 Å². The fraction of sp³-hybridized carbons (Fsp3) is 0.559. The van der Waals surface area contributed by atoms with Crippen molar-refractivity contribution >= 4 is 17.9 Å². The molecule has 226 valence electrons. The molecule has 2 aromatic rings. The number of carbonyl (C=O) groups is 3. The summed E-state index contributed by atoms with van der Waals surface area (Å²) in [6.45, 7) is 14.1. The monoisotopic (exact) mass is 565 g/mol. The minimum Gasteiger partial charge on any atom is -0.444 e. The summed E-state index contributed by atoms with van der Waals surface area (Å²) < 4.78 is 5.48. The molecular formula is C34H51N3O4. The normalized spacial score (nSPS) is 12.9. The minimum absolute atomic E-state index is 0.215. The van der Waals surface area contributed by atoms with Crippen molar-refractivity contribution < 1.29 is 19.1 Å². The Labute approximate surface area is 247 Å². The van der Waals surface area contributed by atoms with Gasteiger partial charge in [-0.2, -0.15) is 0 Å². The number of benzene rings is 2. The van der Waals surface area contributed by atoms with E-state index >= 15 is 0 Å². The van der Waals surface area contributed by atoms with E-state index in [1.807, 2.05) is 75.4 Å². The van der Waals surface area contributed by atoms with Gasteiger partial charge >= 0.3 is 6.09 Å². The molecule has 2 rings (SSSR count). The predicted octanol–water partition coefficient (Wildman–Crippen LogP) is 7.09. The number of unbranched alkanes of at least 4 members (excludes halogenated alkanes) is 5. The predicted molar refractivity (Wildman–Crippen MR) is 165 cm³/mol. The van der Waals surface area contributed by atoms with Crippen molar-refractivity contribution in [1.29, 1.82) is 0 Å². The smallest absolute Gasteiger partial charge is 0.408 e. The SMILES string of the molecule is CCCCCCCCN(C(=O)C(NC(=O)OC(C)(C)C)C(C)C)C(C(=O)NCc1ccccc1)c1ccc(C)cc1. The molecular weight excluding hydrogens is 514 g/mol. The number of hydrogen-bond acceptors (Lipinski definition) is 4. The molecule has 0 radical (unpaired) electrons. The van der Waals surface area contributed by atoms with E-state index in [0.29, 0.717) is 13.1 Å². The van der Waals surface area contributed by atoms with Gasteiger partial charge in [0.25, 0.3) is 0 Å². The van der Waals surface area contributed by atoms with E-state index < -0.39 is 23.8 Å². The number of ether oxygens (including phenoxy) is 1. The molecule has 3 amide bonds. The molecule has 0 heterocycles. The third-order valence-electron chi connectivity index (χ3n) is 6.90. The minimum atomic E-state index is -0.847. The third kappa shape index (κ3) is 12.0. The molecule has 2 atom stereocenters. The zero-order valence-corrected chi connectivity index (χ0v) is 26.2. The summed E-state index contributed by atoms with van der Waals surface area (Å²) in [5.41, 5.74) is 2.08. The molecule has 7 nitrogen and oxygen atoms in total. The van der Waals surface area contributed by atoms with Crippen molar-refractivity contribution in [2.75, 3.05) is 6.54 Å². The van der Waals surface area contributed by atoms with Gasteiger partial charge in [-0.25, -0.2) is 4.79 Å². The number of aryl methyl sites for hydroxylation is 1. The van der Waals surface area contributed by atoms with Gasteiger partial charge in [0, 0.05) is 13.1 Å². The van der Waals surface area contributed by atoms with Crippen LogP contribution in [-0.4, -0.2) is 41.0 Å². The highest BCUT2D eigenvalue weighted by atomic mass is 16.6. The molecule has 2 N–H and O–H groups in total. The van der Waals surface area contributed by atoms with Crippen LogP contribution in [0.5, 0.6) is 0 Å². The number of hydrogen-bond donors (Lipinski definition) is 2. The summed E-state index contributed by atoms with van der Waals surface area (Å²) >= 11 is 0. The lowest BCUT2D eigenvalue weighted by molar-refractivity contribution is -0.143. The largest absolute Gasteiger partial charge is 0.444 e. The Morgan fingerprint density at radius 2 is 1.49 bits per heavy atom. The van der Waals surface area contributed by atoms with Crippen molar-refractivity contribution in [3.63, 3.8) is 0 Å². The second kappa shape index (κ2) is 16.8. The molecule has 0 aromatic heterocycles. The van der Waals surface area contributed by atoms with E-state index in [4.69, 9.17) is 4.74 Å². The Morgan fingerprint density at radius 3 is 2.07 bits per heavy atom. The Kier molecular flexibility index (Phi) is 13.9. The molecule has 0 aliphatic carbocycles. The second-order valence-electron chi connectivity index (χ2n) is 12.2. The first-order valence-electron chi connectivity index (χ1n) is 15.1. The van der Waals surface area contributed by atoms with E-state index in [2.05, 4.69) is 17.6 Å². The number of amides is 3. The Hall–Kier alpha value is -3.35. The van der Waals surface area contributed by atoms with Gasteiger partial charge in [-0.1, -0.05) is 113 Å². The van der Waals surface area contributed by atoms with Crippen LogP contribution < -0.4 is 10.6 Å². The van der Waals surface area contributed by atoms with E-state index in [1.54, 1.807) is 25.7 Å². The van der Waals surface area contributed by atoms with Gasteiger partial charge in [-0.3, -0.25) is 9.59 Å². The van der Waals surface area contributed by atoms with Crippen LogP contribution >= 0.6 is 0 Å². The zero-order chi connectivity index (χ0) is 30.4. The molecule has 0 saturated heterocycles. The topological polar surface area (TPSA) is 87.7 Å². The highest BCUT2D eigenvalue weighted by Crippen LogP contribution is 2.26. The van der Waals surface area contributed by atoms with Crippen LogP contribution in [0.2, 0.25) is 0 Å². The molecule has 7 heteroatoms. The zero-order valence-electron chi connectivity index (χ0n) is 26.2. The summed E-state index contributed by atoms with van der Waals surface area (Å²) in [7, 11) is 0. The fourth-order valence-corrected chi connectivity index (χ4v) is 4.66. The first-order valence-corrected chi connectivity index (χ1v) is 15.1. The highest BCUT2D eigenvalue weighted by molar-refractivity contribution is 5.92. The second-order valence-corrected chi connectivity index (χ2v) is 12.2. The van der Waals surface area contributed by atoms with Crippen molar-refractivity contribution in [1.82, 2.24) is 15.5 Å². The van der Waals surface area contributed by atoms with Gasteiger partial charge in [0.1, 0.15) is 17.7 Å². The van der Waals surface area contributed by atoms with E-state index in [1.165, 1.54) is 6.42 Å². The molecule has 2 unspecified atom stereocenters.